The van der Waals surface area contributed by atoms with Crippen LogP contribution in [0.1, 0.15) is 46.5 Å². The zero-order chi connectivity index (χ0) is 26.6. The van der Waals surface area contributed by atoms with Gasteiger partial charge in [-0.05, 0) is 46.7 Å². The molecular formula is C32H42O5Si. The van der Waals surface area contributed by atoms with Gasteiger partial charge in [0, 0.05) is 37.6 Å². The molecule has 6 rings (SSSR count). The molecule has 38 heavy (non-hydrogen) atoms. The molecule has 1 spiro atoms. The highest BCUT2D eigenvalue weighted by atomic mass is 28.4. The fraction of sp³-hybridized carbons (Fsp3) is 0.562. The Bertz CT molecular complexity index is 1120. The van der Waals surface area contributed by atoms with Gasteiger partial charge in [0.05, 0.1) is 12.7 Å². The Morgan fingerprint density at radius 3 is 2.18 bits per heavy atom. The minimum absolute atomic E-state index is 0.000569. The van der Waals surface area contributed by atoms with E-state index in [9.17, 15) is 5.11 Å². The van der Waals surface area contributed by atoms with Crippen LogP contribution in [0.4, 0.5) is 0 Å². The molecular weight excluding hydrogens is 492 g/mol. The third-order valence-electron chi connectivity index (χ3n) is 9.94. The van der Waals surface area contributed by atoms with Gasteiger partial charge in [0.15, 0.2) is 6.29 Å². The molecule has 4 bridgehead atoms. The fourth-order valence-electron chi connectivity index (χ4n) is 8.13. The van der Waals surface area contributed by atoms with Crippen LogP contribution in [0.15, 0.2) is 72.3 Å². The summed E-state index contributed by atoms with van der Waals surface area (Å²) >= 11 is 0. The lowest BCUT2D eigenvalue weighted by Gasteiger charge is -2.44. The van der Waals surface area contributed by atoms with Crippen LogP contribution in [0.5, 0.6) is 0 Å². The van der Waals surface area contributed by atoms with Crippen LogP contribution < -0.4 is 10.4 Å². The lowest BCUT2D eigenvalue weighted by Crippen LogP contribution is -2.66. The molecule has 0 unspecified atom stereocenters. The fourth-order valence-corrected chi connectivity index (χ4v) is 12.7. The third kappa shape index (κ3) is 3.83. The second-order valence-electron chi connectivity index (χ2n) is 12.7. The predicted molar refractivity (Wildman–Crippen MR) is 151 cm³/mol. The summed E-state index contributed by atoms with van der Waals surface area (Å²) in [7, 11) is -0.901. The molecule has 0 aromatic heterocycles. The molecule has 2 aromatic carbocycles. The molecule has 1 saturated carbocycles. The molecule has 2 aliphatic carbocycles. The van der Waals surface area contributed by atoms with Crippen molar-refractivity contribution in [3.63, 3.8) is 0 Å². The highest BCUT2D eigenvalue weighted by Gasteiger charge is 2.69. The predicted octanol–water partition coefficient (Wildman–Crippen LogP) is 4.43. The number of aliphatic hydroxyl groups excluding tert-OH is 1. The summed E-state index contributed by atoms with van der Waals surface area (Å²) in [6.45, 7) is 8.41. The van der Waals surface area contributed by atoms with Crippen LogP contribution in [-0.2, 0) is 18.6 Å². The Morgan fingerprint density at radius 2 is 1.66 bits per heavy atom. The van der Waals surface area contributed by atoms with Crippen molar-refractivity contribution < 1.29 is 23.7 Å². The molecule has 1 N–H and O–H groups in total. The first-order valence-corrected chi connectivity index (χ1v) is 16.1. The molecule has 4 aliphatic rings. The van der Waals surface area contributed by atoms with Gasteiger partial charge >= 0.3 is 0 Å². The first kappa shape index (κ1) is 26.4. The van der Waals surface area contributed by atoms with Crippen molar-refractivity contribution in [1.29, 1.82) is 0 Å². The van der Waals surface area contributed by atoms with E-state index in [1.54, 1.807) is 7.11 Å². The van der Waals surface area contributed by atoms with Crippen molar-refractivity contribution in [3.8, 4) is 0 Å². The van der Waals surface area contributed by atoms with Crippen LogP contribution in [-0.4, -0.2) is 58.3 Å². The number of epoxide rings is 1. The molecule has 2 saturated heterocycles. The Labute approximate surface area is 228 Å². The number of hydrogen-bond acceptors (Lipinski definition) is 5. The van der Waals surface area contributed by atoms with E-state index in [0.717, 1.165) is 32.3 Å². The number of fused-ring (bicyclic) bond motifs is 1. The Balaban J connectivity index is 1.38. The van der Waals surface area contributed by atoms with Crippen LogP contribution in [0.2, 0.25) is 5.04 Å². The summed E-state index contributed by atoms with van der Waals surface area (Å²) in [6.07, 6.45) is 5.71. The Morgan fingerprint density at radius 1 is 1.03 bits per heavy atom. The van der Waals surface area contributed by atoms with E-state index >= 15 is 0 Å². The smallest absolute Gasteiger partial charge is 0.261 e. The molecule has 204 valence electrons. The van der Waals surface area contributed by atoms with Crippen molar-refractivity contribution in [2.24, 2.45) is 17.3 Å². The average molecular weight is 535 g/mol. The van der Waals surface area contributed by atoms with Gasteiger partial charge < -0.3 is 23.7 Å². The Hall–Kier alpha value is -1.80. The molecule has 2 aliphatic heterocycles. The minimum Gasteiger partial charge on any atom is -0.407 e. The topological polar surface area (TPSA) is 60.5 Å². The number of ether oxygens (including phenoxy) is 3. The number of rotatable bonds is 8. The van der Waals surface area contributed by atoms with Crippen molar-refractivity contribution in [3.05, 3.63) is 72.3 Å². The number of hydrogen-bond donors (Lipinski definition) is 1. The van der Waals surface area contributed by atoms with Gasteiger partial charge in [0.25, 0.3) is 8.32 Å². The second kappa shape index (κ2) is 9.68. The van der Waals surface area contributed by atoms with Gasteiger partial charge in [-0.3, -0.25) is 0 Å². The highest BCUT2D eigenvalue weighted by Crippen LogP contribution is 2.64. The van der Waals surface area contributed by atoms with Gasteiger partial charge in [-0.25, -0.2) is 0 Å². The van der Waals surface area contributed by atoms with E-state index in [0.29, 0.717) is 6.61 Å². The zero-order valence-corrected chi connectivity index (χ0v) is 24.2. The SMILES string of the molecule is CO[C@@H]1O[C@H]2C3=CCC[C@@H]2[C@@]2(CO2)[C@H](CO)C[C@@]31CCO[Si](c1ccccc1)(c1ccccc1)C(C)(C)C. The van der Waals surface area contributed by atoms with Gasteiger partial charge in [0.1, 0.15) is 5.60 Å². The van der Waals surface area contributed by atoms with Crippen LogP contribution >= 0.6 is 0 Å². The molecule has 0 amide bonds. The summed E-state index contributed by atoms with van der Waals surface area (Å²) < 4.78 is 26.2. The number of benzene rings is 2. The first-order valence-electron chi connectivity index (χ1n) is 14.2. The standard InChI is InChI=1S/C32H42O5Si/c1-30(2,3)38(24-12-7-5-8-13-24,25-14-9-6-10-15-25)36-19-18-31-20-23(21-33)32(22-35-32)27-17-11-16-26(31)28(27)37-29(31)34-4/h5-10,12-16,23,27-29,33H,11,17-22H2,1-4H3/t23-,27-,28-,29+,31-,32+/m0/s1. The van der Waals surface area contributed by atoms with Gasteiger partial charge in [-0.15, -0.1) is 0 Å². The average Bonchev–Trinajstić information content (AvgIpc) is 3.67. The maximum Gasteiger partial charge on any atom is 0.261 e. The molecule has 3 fully saturated rings. The highest BCUT2D eigenvalue weighted by molar-refractivity contribution is 6.99. The van der Waals surface area contributed by atoms with Crippen molar-refractivity contribution in [2.45, 2.75) is 69.5 Å². The maximum atomic E-state index is 10.6. The summed E-state index contributed by atoms with van der Waals surface area (Å²) in [6, 6.07) is 21.6. The summed E-state index contributed by atoms with van der Waals surface area (Å²) in [5.74, 6) is 0.354. The normalized spacial score (nSPS) is 34.2. The van der Waals surface area contributed by atoms with Crippen LogP contribution in [0.3, 0.4) is 0 Å². The summed E-state index contributed by atoms with van der Waals surface area (Å²) in [5, 5.41) is 13.1. The quantitative estimate of drug-likeness (QED) is 0.309. The van der Waals surface area contributed by atoms with Crippen LogP contribution in [0, 0.1) is 17.3 Å². The minimum atomic E-state index is -2.66. The number of allylic oxidation sites excluding steroid dienone is 1. The van der Waals surface area contributed by atoms with Gasteiger partial charge in [-0.2, -0.15) is 0 Å². The van der Waals surface area contributed by atoms with E-state index in [1.807, 2.05) is 0 Å². The van der Waals surface area contributed by atoms with Crippen molar-refractivity contribution in [1.82, 2.24) is 0 Å². The lowest BCUT2D eigenvalue weighted by molar-refractivity contribution is -0.190. The van der Waals surface area contributed by atoms with E-state index in [1.165, 1.54) is 15.9 Å². The van der Waals surface area contributed by atoms with Gasteiger partial charge in [-0.1, -0.05) is 87.5 Å². The van der Waals surface area contributed by atoms with E-state index in [-0.39, 0.29) is 46.9 Å². The molecule has 2 aromatic rings. The monoisotopic (exact) mass is 534 g/mol. The van der Waals surface area contributed by atoms with Crippen molar-refractivity contribution in [2.75, 3.05) is 26.9 Å². The van der Waals surface area contributed by atoms with Crippen LogP contribution in [0.25, 0.3) is 0 Å². The third-order valence-corrected chi connectivity index (χ3v) is 15.0. The Kier molecular flexibility index (Phi) is 6.73. The number of methoxy groups -OCH3 is 1. The molecule has 2 heterocycles. The second-order valence-corrected chi connectivity index (χ2v) is 17.0. The number of aliphatic hydroxyl groups is 1. The largest absolute Gasteiger partial charge is 0.407 e. The van der Waals surface area contributed by atoms with Gasteiger partial charge in [0.2, 0.25) is 0 Å². The molecule has 6 atom stereocenters. The molecule has 0 radical (unpaired) electrons. The summed E-state index contributed by atoms with van der Waals surface area (Å²) in [5.41, 5.74) is 0.780. The lowest BCUT2D eigenvalue weighted by atomic mass is 9.71. The zero-order valence-electron chi connectivity index (χ0n) is 23.2. The maximum absolute atomic E-state index is 10.6. The van der Waals surface area contributed by atoms with E-state index in [4.69, 9.17) is 18.6 Å². The van der Waals surface area contributed by atoms with E-state index in [2.05, 4.69) is 87.5 Å². The molecule has 5 nitrogen and oxygen atoms in total. The van der Waals surface area contributed by atoms with Crippen molar-refractivity contribution >= 4 is 18.7 Å². The summed E-state index contributed by atoms with van der Waals surface area (Å²) in [4.78, 5) is 0. The first-order chi connectivity index (χ1) is 18.3. The molecule has 6 heteroatoms. The van der Waals surface area contributed by atoms with E-state index < -0.39 is 8.32 Å².